The molecule has 0 aliphatic rings. The highest BCUT2D eigenvalue weighted by Crippen LogP contribution is 2.22. The quantitative estimate of drug-likeness (QED) is 0.334. The van der Waals surface area contributed by atoms with Crippen LogP contribution in [0.4, 0.5) is 10.1 Å². The standard InChI is InChI=1S/C30H36FN3O5S/c1-5-22(2)32-30(36)28(18-23-11-7-6-8-12-23)33(20-24-13-9-16-27(17-24)39-3)29(35)21-34(40(4,37)38)26-15-10-14-25(31)19-26/h6-17,19,22,28H,5,18,20-21H2,1-4H3,(H,32,36)/t22-,28-/m0/s1. The highest BCUT2D eigenvalue weighted by molar-refractivity contribution is 7.92. The topological polar surface area (TPSA) is 96.0 Å². The van der Waals surface area contributed by atoms with Crippen LogP contribution < -0.4 is 14.4 Å². The van der Waals surface area contributed by atoms with Gasteiger partial charge in [0.2, 0.25) is 21.8 Å². The van der Waals surface area contributed by atoms with Crippen molar-refractivity contribution in [1.82, 2.24) is 10.2 Å². The lowest BCUT2D eigenvalue weighted by atomic mass is 10.0. The molecule has 0 fully saturated rings. The zero-order valence-electron chi connectivity index (χ0n) is 23.2. The van der Waals surface area contributed by atoms with Crippen LogP contribution in [-0.4, -0.2) is 57.1 Å². The summed E-state index contributed by atoms with van der Waals surface area (Å²) in [6.07, 6.45) is 1.85. The van der Waals surface area contributed by atoms with Gasteiger partial charge in [-0.15, -0.1) is 0 Å². The molecule has 3 rings (SSSR count). The van der Waals surface area contributed by atoms with E-state index >= 15 is 0 Å². The molecule has 2 amide bonds. The second kappa shape index (κ2) is 13.9. The maximum absolute atomic E-state index is 14.0. The zero-order valence-corrected chi connectivity index (χ0v) is 24.0. The Morgan fingerprint density at radius 1 is 0.975 bits per heavy atom. The van der Waals surface area contributed by atoms with E-state index in [9.17, 15) is 22.4 Å². The molecule has 0 aromatic heterocycles. The number of nitrogens with zero attached hydrogens (tertiary/aromatic N) is 2. The number of rotatable bonds is 13. The zero-order chi connectivity index (χ0) is 29.3. The van der Waals surface area contributed by atoms with Crippen LogP contribution in [0.15, 0.2) is 78.9 Å². The first-order valence-electron chi connectivity index (χ1n) is 13.0. The predicted octanol–water partition coefficient (Wildman–Crippen LogP) is 4.16. The number of carbonyl (C=O) groups is 2. The lowest BCUT2D eigenvalue weighted by Crippen LogP contribution is -2.54. The van der Waals surface area contributed by atoms with Gasteiger partial charge >= 0.3 is 0 Å². The molecular formula is C30H36FN3O5S. The molecule has 1 N–H and O–H groups in total. The van der Waals surface area contributed by atoms with Crippen LogP contribution in [0.25, 0.3) is 0 Å². The molecule has 0 aliphatic heterocycles. The number of anilines is 1. The second-order valence-corrected chi connectivity index (χ2v) is 11.6. The SMILES string of the molecule is CC[C@H](C)NC(=O)[C@H](Cc1ccccc1)N(Cc1cccc(OC)c1)C(=O)CN(c1cccc(F)c1)S(C)(=O)=O. The van der Waals surface area contributed by atoms with Crippen molar-refractivity contribution < 1.29 is 27.1 Å². The third-order valence-corrected chi connectivity index (χ3v) is 7.68. The van der Waals surface area contributed by atoms with Crippen LogP contribution in [0.5, 0.6) is 5.75 Å². The Morgan fingerprint density at radius 3 is 2.27 bits per heavy atom. The summed E-state index contributed by atoms with van der Waals surface area (Å²) in [5, 5.41) is 2.98. The molecule has 8 nitrogen and oxygen atoms in total. The van der Waals surface area contributed by atoms with Crippen LogP contribution in [0.2, 0.25) is 0 Å². The second-order valence-electron chi connectivity index (χ2n) is 9.65. The fourth-order valence-corrected chi connectivity index (χ4v) is 5.05. The summed E-state index contributed by atoms with van der Waals surface area (Å²) in [5.41, 5.74) is 1.54. The van der Waals surface area contributed by atoms with Gasteiger partial charge < -0.3 is 15.0 Å². The molecule has 0 radical (unpaired) electrons. The molecule has 0 heterocycles. The molecule has 0 saturated heterocycles. The van der Waals surface area contributed by atoms with Crippen molar-refractivity contribution >= 4 is 27.5 Å². The third-order valence-electron chi connectivity index (χ3n) is 6.53. The molecule has 2 atom stereocenters. The summed E-state index contributed by atoms with van der Waals surface area (Å²) in [6.45, 7) is 3.22. The summed E-state index contributed by atoms with van der Waals surface area (Å²) >= 11 is 0. The number of carbonyl (C=O) groups excluding carboxylic acids is 2. The number of methoxy groups -OCH3 is 1. The van der Waals surface area contributed by atoms with E-state index in [0.29, 0.717) is 17.7 Å². The van der Waals surface area contributed by atoms with Gasteiger partial charge in [-0.05, 0) is 54.8 Å². The average Bonchev–Trinajstić information content (AvgIpc) is 2.93. The van der Waals surface area contributed by atoms with Crippen LogP contribution in [-0.2, 0) is 32.6 Å². The van der Waals surface area contributed by atoms with E-state index in [1.165, 1.54) is 30.2 Å². The molecule has 3 aromatic rings. The molecule has 214 valence electrons. The molecule has 10 heteroatoms. The number of benzene rings is 3. The Balaban J connectivity index is 2.07. The van der Waals surface area contributed by atoms with Crippen molar-refractivity contribution in [2.24, 2.45) is 0 Å². The first kappa shape index (κ1) is 30.6. The Bertz CT molecular complexity index is 1400. The van der Waals surface area contributed by atoms with Gasteiger partial charge in [-0.1, -0.05) is 55.5 Å². The fourth-order valence-electron chi connectivity index (χ4n) is 4.21. The van der Waals surface area contributed by atoms with E-state index in [1.807, 2.05) is 44.2 Å². The molecule has 0 saturated carbocycles. The van der Waals surface area contributed by atoms with Gasteiger partial charge in [-0.2, -0.15) is 0 Å². The van der Waals surface area contributed by atoms with Gasteiger partial charge in [-0.25, -0.2) is 12.8 Å². The van der Waals surface area contributed by atoms with Crippen LogP contribution in [0.1, 0.15) is 31.4 Å². The average molecular weight is 570 g/mol. The van der Waals surface area contributed by atoms with Crippen molar-refractivity contribution in [1.29, 1.82) is 0 Å². The van der Waals surface area contributed by atoms with Gasteiger partial charge in [0.25, 0.3) is 0 Å². The van der Waals surface area contributed by atoms with E-state index in [4.69, 9.17) is 4.74 Å². The summed E-state index contributed by atoms with van der Waals surface area (Å²) in [4.78, 5) is 29.1. The van der Waals surface area contributed by atoms with Gasteiger partial charge in [0.05, 0.1) is 19.1 Å². The summed E-state index contributed by atoms with van der Waals surface area (Å²) in [5.74, 6) is -1.03. The van der Waals surface area contributed by atoms with Gasteiger partial charge in [0.1, 0.15) is 24.2 Å². The number of hydrogen-bond donors (Lipinski definition) is 1. The monoisotopic (exact) mass is 569 g/mol. The van der Waals surface area contributed by atoms with E-state index in [0.717, 1.165) is 22.2 Å². The molecule has 0 bridgehead atoms. The van der Waals surface area contributed by atoms with Crippen molar-refractivity contribution in [2.45, 2.75) is 45.3 Å². The van der Waals surface area contributed by atoms with Crippen LogP contribution in [0, 0.1) is 5.82 Å². The fraction of sp³-hybridized carbons (Fsp3) is 0.333. The van der Waals surface area contributed by atoms with E-state index in [-0.39, 0.29) is 30.6 Å². The van der Waals surface area contributed by atoms with Gasteiger partial charge in [0.15, 0.2) is 0 Å². The summed E-state index contributed by atoms with van der Waals surface area (Å²) < 4.78 is 45.7. The Kier molecular flexibility index (Phi) is 10.7. The summed E-state index contributed by atoms with van der Waals surface area (Å²) in [6, 6.07) is 20.3. The number of sulfonamides is 1. The molecule has 0 unspecified atom stereocenters. The summed E-state index contributed by atoms with van der Waals surface area (Å²) in [7, 11) is -2.45. The highest BCUT2D eigenvalue weighted by Gasteiger charge is 2.33. The largest absolute Gasteiger partial charge is 0.497 e. The van der Waals surface area contributed by atoms with E-state index in [2.05, 4.69) is 5.32 Å². The Morgan fingerprint density at radius 2 is 1.65 bits per heavy atom. The smallest absolute Gasteiger partial charge is 0.244 e. The molecular weight excluding hydrogens is 533 g/mol. The maximum atomic E-state index is 14.0. The maximum Gasteiger partial charge on any atom is 0.244 e. The van der Waals surface area contributed by atoms with Crippen LogP contribution in [0.3, 0.4) is 0 Å². The number of halogens is 1. The Labute approximate surface area is 235 Å². The van der Waals surface area contributed by atoms with Crippen molar-refractivity contribution in [3.8, 4) is 5.75 Å². The number of nitrogens with one attached hydrogen (secondary N) is 1. The van der Waals surface area contributed by atoms with E-state index < -0.39 is 34.3 Å². The molecule has 0 spiro atoms. The lowest BCUT2D eigenvalue weighted by Gasteiger charge is -2.34. The van der Waals surface area contributed by atoms with E-state index in [1.54, 1.807) is 24.3 Å². The minimum absolute atomic E-state index is 0.0147. The first-order valence-corrected chi connectivity index (χ1v) is 14.9. The predicted molar refractivity (Wildman–Crippen MR) is 154 cm³/mol. The number of ether oxygens (including phenoxy) is 1. The van der Waals surface area contributed by atoms with Crippen molar-refractivity contribution in [3.05, 3.63) is 95.8 Å². The molecule has 40 heavy (non-hydrogen) atoms. The van der Waals surface area contributed by atoms with Gasteiger partial charge in [0, 0.05) is 19.0 Å². The number of hydrogen-bond acceptors (Lipinski definition) is 5. The van der Waals surface area contributed by atoms with Crippen molar-refractivity contribution in [3.63, 3.8) is 0 Å². The Hall–Kier alpha value is -3.92. The van der Waals surface area contributed by atoms with Crippen LogP contribution >= 0.6 is 0 Å². The molecule has 0 aliphatic carbocycles. The number of amides is 2. The normalized spacial score (nSPS) is 12.7. The molecule has 3 aromatic carbocycles. The minimum atomic E-state index is -3.98. The highest BCUT2D eigenvalue weighted by atomic mass is 32.2. The third kappa shape index (κ3) is 8.54. The minimum Gasteiger partial charge on any atom is -0.497 e. The van der Waals surface area contributed by atoms with Crippen molar-refractivity contribution in [2.75, 3.05) is 24.2 Å². The first-order chi connectivity index (χ1) is 19.0. The van der Waals surface area contributed by atoms with Gasteiger partial charge in [-0.3, -0.25) is 13.9 Å². The lowest BCUT2D eigenvalue weighted by molar-refractivity contribution is -0.140.